The molecule has 0 radical (unpaired) electrons. The first-order chi connectivity index (χ1) is 19.4. The number of aromatic nitrogens is 1. The molecule has 0 bridgehead atoms. The van der Waals surface area contributed by atoms with E-state index in [0.29, 0.717) is 31.7 Å². The second kappa shape index (κ2) is 12.5. The van der Waals surface area contributed by atoms with E-state index in [0.717, 1.165) is 56.8 Å². The van der Waals surface area contributed by atoms with Crippen molar-refractivity contribution in [2.45, 2.75) is 70.1 Å². The van der Waals surface area contributed by atoms with Crippen LogP contribution < -0.4 is 10.6 Å². The number of amides is 2. The number of carbonyl (C=O) groups is 2. The van der Waals surface area contributed by atoms with Crippen LogP contribution in [0.5, 0.6) is 0 Å². The Kier molecular flexibility index (Phi) is 8.88. The third-order valence-electron chi connectivity index (χ3n) is 8.52. The Morgan fingerprint density at radius 3 is 2.62 bits per heavy atom. The van der Waals surface area contributed by atoms with Gasteiger partial charge in [-0.25, -0.2) is 0 Å². The number of aliphatic hydroxyl groups excluding tert-OH is 1. The molecule has 2 aromatic carbocycles. The largest absolute Gasteiger partial charge is 0.385 e. The van der Waals surface area contributed by atoms with Crippen LogP contribution in [0.1, 0.15) is 54.8 Å². The van der Waals surface area contributed by atoms with Crippen LogP contribution in [0.2, 0.25) is 0 Å². The van der Waals surface area contributed by atoms with Gasteiger partial charge in [0.15, 0.2) is 0 Å². The molecule has 1 unspecified atom stereocenters. The van der Waals surface area contributed by atoms with E-state index in [-0.39, 0.29) is 17.9 Å². The lowest BCUT2D eigenvalue weighted by Gasteiger charge is -2.34. The zero-order chi connectivity index (χ0) is 28.2. The van der Waals surface area contributed by atoms with Gasteiger partial charge in [-0.15, -0.1) is 0 Å². The van der Waals surface area contributed by atoms with Crippen LogP contribution in [0.4, 0.5) is 5.69 Å². The molecule has 2 aliphatic heterocycles. The molecular formula is C32H42N4O4. The summed E-state index contributed by atoms with van der Waals surface area (Å²) < 4.78 is 7.78. The third-order valence-corrected chi connectivity index (χ3v) is 8.52. The number of carbonyl (C=O) groups excluding carboxylic acids is 2. The van der Waals surface area contributed by atoms with Gasteiger partial charge in [0.05, 0.1) is 0 Å². The smallest absolute Gasteiger partial charge is 0.255 e. The number of piperidine rings is 1. The van der Waals surface area contributed by atoms with Crippen LogP contribution in [0.25, 0.3) is 10.9 Å². The summed E-state index contributed by atoms with van der Waals surface area (Å²) >= 11 is 0. The molecule has 3 heterocycles. The molecule has 0 aliphatic carbocycles. The van der Waals surface area contributed by atoms with E-state index in [4.69, 9.17) is 10.5 Å². The van der Waals surface area contributed by atoms with E-state index in [9.17, 15) is 14.7 Å². The number of methoxy groups -OCH3 is 1. The van der Waals surface area contributed by atoms with Gasteiger partial charge in [-0.05, 0) is 61.9 Å². The molecule has 40 heavy (non-hydrogen) atoms. The molecule has 2 aliphatic rings. The first-order valence-electron chi connectivity index (χ1n) is 14.6. The zero-order valence-corrected chi connectivity index (χ0v) is 23.7. The van der Waals surface area contributed by atoms with Crippen LogP contribution in [0.3, 0.4) is 0 Å². The van der Waals surface area contributed by atoms with Crippen LogP contribution in [-0.2, 0) is 27.3 Å². The molecule has 2 saturated heterocycles. The number of benzene rings is 2. The van der Waals surface area contributed by atoms with Crippen molar-refractivity contribution >= 4 is 28.4 Å². The molecular weight excluding hydrogens is 504 g/mol. The molecule has 8 nitrogen and oxygen atoms in total. The quantitative estimate of drug-likeness (QED) is 0.377. The molecule has 0 saturated carbocycles. The number of anilines is 1. The fraction of sp³-hybridized carbons (Fsp3) is 0.500. The number of para-hydroxylation sites is 1. The van der Waals surface area contributed by atoms with Crippen LogP contribution in [0, 0.1) is 6.92 Å². The van der Waals surface area contributed by atoms with Crippen molar-refractivity contribution in [1.29, 1.82) is 0 Å². The minimum Gasteiger partial charge on any atom is -0.385 e. The molecule has 2 amide bonds. The molecule has 3 aromatic rings. The van der Waals surface area contributed by atoms with E-state index < -0.39 is 6.10 Å². The number of aryl methyl sites for hydroxylation is 2. The number of fused-ring (bicyclic) bond motifs is 1. The summed E-state index contributed by atoms with van der Waals surface area (Å²) in [5, 5.41) is 11.0. The summed E-state index contributed by atoms with van der Waals surface area (Å²) in [6.07, 6.45) is 3.45. The maximum absolute atomic E-state index is 13.4. The highest BCUT2D eigenvalue weighted by atomic mass is 16.5. The average molecular weight is 547 g/mol. The standard InChI is InChI=1S/C32H42N4O4/c1-22-27-8-3-4-9-28(27)36(16-6-18-40-2)31(22)24-7-5-15-34(21-24)30(38)20-25(33)19-23-10-12-26(13-11-23)35-17-14-29(37)32(35)39/h3-4,8-13,24-25,29,37H,5-7,14-21,33H2,1-2H3/t24?,25-,29+/m1/s1. The van der Waals surface area contributed by atoms with Crippen LogP contribution >= 0.6 is 0 Å². The number of ether oxygens (including phenoxy) is 1. The topological polar surface area (TPSA) is 101 Å². The second-order valence-corrected chi connectivity index (χ2v) is 11.3. The zero-order valence-electron chi connectivity index (χ0n) is 23.7. The van der Waals surface area contributed by atoms with Gasteiger partial charge in [0, 0.05) is 87.0 Å². The van der Waals surface area contributed by atoms with Crippen molar-refractivity contribution < 1.29 is 19.4 Å². The number of hydrogen-bond acceptors (Lipinski definition) is 5. The van der Waals surface area contributed by atoms with Gasteiger partial charge in [0.25, 0.3) is 5.91 Å². The number of nitrogens with zero attached hydrogens (tertiary/aromatic N) is 3. The summed E-state index contributed by atoms with van der Waals surface area (Å²) in [4.78, 5) is 29.1. The summed E-state index contributed by atoms with van der Waals surface area (Å²) in [7, 11) is 1.74. The Morgan fingerprint density at radius 1 is 1.12 bits per heavy atom. The van der Waals surface area contributed by atoms with E-state index in [2.05, 4.69) is 35.8 Å². The Balaban J connectivity index is 1.22. The van der Waals surface area contributed by atoms with Crippen molar-refractivity contribution in [2.24, 2.45) is 5.73 Å². The fourth-order valence-electron chi connectivity index (χ4n) is 6.52. The number of hydrogen-bond donors (Lipinski definition) is 2. The van der Waals surface area contributed by atoms with Gasteiger partial charge < -0.3 is 29.9 Å². The maximum Gasteiger partial charge on any atom is 0.255 e. The highest BCUT2D eigenvalue weighted by molar-refractivity contribution is 5.98. The predicted octanol–water partition coefficient (Wildman–Crippen LogP) is 3.75. The summed E-state index contributed by atoms with van der Waals surface area (Å²) in [6.45, 7) is 5.86. The lowest BCUT2D eigenvalue weighted by Crippen LogP contribution is -2.42. The fourth-order valence-corrected chi connectivity index (χ4v) is 6.52. The minimum atomic E-state index is -0.906. The van der Waals surface area contributed by atoms with E-state index in [1.807, 2.05) is 29.2 Å². The molecule has 0 spiro atoms. The highest BCUT2D eigenvalue weighted by Crippen LogP contribution is 2.36. The monoisotopic (exact) mass is 546 g/mol. The van der Waals surface area contributed by atoms with Gasteiger partial charge in [0.1, 0.15) is 6.10 Å². The van der Waals surface area contributed by atoms with Crippen molar-refractivity contribution in [3.63, 3.8) is 0 Å². The molecule has 2 fully saturated rings. The summed E-state index contributed by atoms with van der Waals surface area (Å²) in [6, 6.07) is 16.0. The van der Waals surface area contributed by atoms with E-state index >= 15 is 0 Å². The van der Waals surface area contributed by atoms with Crippen molar-refractivity contribution in [2.75, 3.05) is 38.3 Å². The molecule has 214 valence electrons. The van der Waals surface area contributed by atoms with Gasteiger partial charge >= 0.3 is 0 Å². The van der Waals surface area contributed by atoms with Crippen LogP contribution in [0.15, 0.2) is 48.5 Å². The number of likely N-dealkylation sites (tertiary alicyclic amines) is 1. The minimum absolute atomic E-state index is 0.116. The molecule has 3 atom stereocenters. The first kappa shape index (κ1) is 28.3. The second-order valence-electron chi connectivity index (χ2n) is 11.3. The van der Waals surface area contributed by atoms with Crippen LogP contribution in [-0.4, -0.2) is 71.9 Å². The first-order valence-corrected chi connectivity index (χ1v) is 14.6. The maximum atomic E-state index is 13.4. The Morgan fingerprint density at radius 2 is 1.90 bits per heavy atom. The normalized spacial score (nSPS) is 20.4. The Bertz CT molecular complexity index is 1330. The van der Waals surface area contributed by atoms with Crippen molar-refractivity contribution in [3.8, 4) is 0 Å². The lowest BCUT2D eigenvalue weighted by molar-refractivity contribution is -0.132. The van der Waals surface area contributed by atoms with Crippen molar-refractivity contribution in [3.05, 3.63) is 65.4 Å². The number of aliphatic hydroxyl groups is 1. The van der Waals surface area contributed by atoms with Gasteiger partial charge in [-0.3, -0.25) is 9.59 Å². The SMILES string of the molecule is COCCCn1c(C2CCCN(C(=O)C[C@H](N)Cc3ccc(N4CC[C@H](O)C4=O)cc3)C2)c(C)c2ccccc21. The summed E-state index contributed by atoms with van der Waals surface area (Å²) in [5.41, 5.74) is 12.2. The molecule has 1 aromatic heterocycles. The number of nitrogens with two attached hydrogens (primary N) is 1. The van der Waals surface area contributed by atoms with E-state index in [1.165, 1.54) is 22.2 Å². The van der Waals surface area contributed by atoms with E-state index in [1.54, 1.807) is 12.0 Å². The van der Waals surface area contributed by atoms with Gasteiger partial charge in [-0.2, -0.15) is 0 Å². The summed E-state index contributed by atoms with van der Waals surface area (Å²) in [5.74, 6) is 0.161. The molecule has 8 heteroatoms. The van der Waals surface area contributed by atoms with Gasteiger partial charge in [-0.1, -0.05) is 30.3 Å². The molecule has 3 N–H and O–H groups in total. The average Bonchev–Trinajstić information content (AvgIpc) is 3.44. The Hall–Kier alpha value is -3.20. The Labute approximate surface area is 236 Å². The highest BCUT2D eigenvalue weighted by Gasteiger charge is 2.31. The van der Waals surface area contributed by atoms with Crippen molar-refractivity contribution in [1.82, 2.24) is 9.47 Å². The molecule has 5 rings (SSSR count). The predicted molar refractivity (Wildman–Crippen MR) is 157 cm³/mol. The third kappa shape index (κ3) is 5.94. The number of rotatable bonds is 10. The lowest BCUT2D eigenvalue weighted by atomic mass is 9.91. The van der Waals surface area contributed by atoms with Gasteiger partial charge in [0.2, 0.25) is 5.91 Å².